The van der Waals surface area contributed by atoms with Gasteiger partial charge in [0.1, 0.15) is 6.33 Å². The van der Waals surface area contributed by atoms with E-state index in [1.165, 1.54) is 16.8 Å². The lowest BCUT2D eigenvalue weighted by atomic mass is 9.97. The molecule has 1 aliphatic heterocycles. The molecule has 1 aliphatic rings. The number of aryl methyl sites for hydroxylation is 1. The third-order valence-corrected chi connectivity index (χ3v) is 3.45. The lowest BCUT2D eigenvalue weighted by Gasteiger charge is -2.24. The maximum Gasteiger partial charge on any atom is 0.407 e. The first-order valence-corrected chi connectivity index (χ1v) is 6.12. The molecule has 6 nitrogen and oxygen atoms in total. The van der Waals surface area contributed by atoms with Crippen molar-refractivity contribution in [2.45, 2.75) is 13.3 Å². The minimum Gasteiger partial charge on any atom is -0.465 e. The first-order chi connectivity index (χ1) is 9.15. The summed E-state index contributed by atoms with van der Waals surface area (Å²) in [5, 5.41) is 13.1. The highest BCUT2D eigenvalue weighted by atomic mass is 16.4. The maximum absolute atomic E-state index is 10.9. The SMILES string of the molecule is Cc1cc2ncnn2cc1C1=CCN(C(=O)O)CC1. The Morgan fingerprint density at radius 3 is 3.00 bits per heavy atom. The number of fused-ring (bicyclic) bond motifs is 1. The van der Waals surface area contributed by atoms with E-state index in [0.29, 0.717) is 13.1 Å². The van der Waals surface area contributed by atoms with Crippen LogP contribution in [0.2, 0.25) is 0 Å². The molecule has 19 heavy (non-hydrogen) atoms. The molecule has 2 aromatic rings. The summed E-state index contributed by atoms with van der Waals surface area (Å²) < 4.78 is 1.74. The first-order valence-electron chi connectivity index (χ1n) is 6.12. The number of carbonyl (C=O) groups is 1. The maximum atomic E-state index is 10.9. The average Bonchev–Trinajstić information content (AvgIpc) is 2.85. The minimum absolute atomic E-state index is 0.444. The minimum atomic E-state index is -0.862. The van der Waals surface area contributed by atoms with Gasteiger partial charge in [-0.2, -0.15) is 5.10 Å². The average molecular weight is 258 g/mol. The lowest BCUT2D eigenvalue weighted by Crippen LogP contribution is -2.33. The molecule has 0 bridgehead atoms. The van der Waals surface area contributed by atoms with Crippen molar-refractivity contribution >= 4 is 17.3 Å². The van der Waals surface area contributed by atoms with Gasteiger partial charge in [-0.25, -0.2) is 14.3 Å². The van der Waals surface area contributed by atoms with Crippen LogP contribution in [0.4, 0.5) is 4.79 Å². The van der Waals surface area contributed by atoms with Crippen LogP contribution in [-0.2, 0) is 0 Å². The van der Waals surface area contributed by atoms with Crippen molar-refractivity contribution in [2.24, 2.45) is 0 Å². The van der Waals surface area contributed by atoms with E-state index in [9.17, 15) is 4.79 Å². The quantitative estimate of drug-likeness (QED) is 0.846. The second kappa shape index (κ2) is 4.38. The van der Waals surface area contributed by atoms with Crippen molar-refractivity contribution in [2.75, 3.05) is 13.1 Å². The van der Waals surface area contributed by atoms with E-state index in [1.807, 2.05) is 25.3 Å². The highest BCUT2D eigenvalue weighted by molar-refractivity contribution is 5.73. The standard InChI is InChI=1S/C13H14N4O2/c1-9-6-12-14-8-15-17(12)7-11(9)10-2-4-16(5-3-10)13(18)19/h2,6-8H,3-5H2,1H3,(H,18,19). The van der Waals surface area contributed by atoms with Crippen molar-refractivity contribution in [1.29, 1.82) is 0 Å². The number of carboxylic acid groups (broad SMARTS) is 1. The number of amides is 1. The van der Waals surface area contributed by atoms with Crippen molar-refractivity contribution in [3.63, 3.8) is 0 Å². The molecule has 0 unspecified atom stereocenters. The van der Waals surface area contributed by atoms with Crippen LogP contribution in [0.3, 0.4) is 0 Å². The molecule has 0 fully saturated rings. The Labute approximate surface area is 110 Å². The zero-order valence-corrected chi connectivity index (χ0v) is 10.6. The molecule has 0 spiro atoms. The van der Waals surface area contributed by atoms with Crippen molar-refractivity contribution in [3.05, 3.63) is 35.8 Å². The summed E-state index contributed by atoms with van der Waals surface area (Å²) in [6.07, 6.45) is 5.33. The second-order valence-corrected chi connectivity index (χ2v) is 4.64. The summed E-state index contributed by atoms with van der Waals surface area (Å²) in [5.74, 6) is 0. The third-order valence-electron chi connectivity index (χ3n) is 3.45. The molecule has 1 N–H and O–H groups in total. The summed E-state index contributed by atoms with van der Waals surface area (Å²) in [6, 6.07) is 1.99. The highest BCUT2D eigenvalue weighted by Crippen LogP contribution is 2.25. The highest BCUT2D eigenvalue weighted by Gasteiger charge is 2.18. The molecule has 1 amide bonds. The van der Waals surface area contributed by atoms with Crippen LogP contribution in [0.5, 0.6) is 0 Å². The third kappa shape index (κ3) is 2.05. The van der Waals surface area contributed by atoms with E-state index in [4.69, 9.17) is 5.11 Å². The Morgan fingerprint density at radius 1 is 1.47 bits per heavy atom. The van der Waals surface area contributed by atoms with Gasteiger partial charge in [-0.3, -0.25) is 0 Å². The molecule has 6 heteroatoms. The van der Waals surface area contributed by atoms with Gasteiger partial charge in [0.15, 0.2) is 5.65 Å². The van der Waals surface area contributed by atoms with E-state index in [0.717, 1.165) is 23.2 Å². The van der Waals surface area contributed by atoms with E-state index in [1.54, 1.807) is 4.52 Å². The smallest absolute Gasteiger partial charge is 0.407 e. The molecule has 0 aromatic carbocycles. The largest absolute Gasteiger partial charge is 0.465 e. The zero-order chi connectivity index (χ0) is 13.4. The summed E-state index contributed by atoms with van der Waals surface area (Å²) in [6.45, 7) is 3.02. The molecule has 3 rings (SSSR count). The molecule has 0 aliphatic carbocycles. The fraction of sp³-hybridized carbons (Fsp3) is 0.308. The molecule has 3 heterocycles. The lowest BCUT2D eigenvalue weighted by molar-refractivity contribution is 0.150. The van der Waals surface area contributed by atoms with Crippen LogP contribution in [0, 0.1) is 6.92 Å². The summed E-state index contributed by atoms with van der Waals surface area (Å²) in [7, 11) is 0. The number of aromatic nitrogens is 3. The fourth-order valence-corrected chi connectivity index (χ4v) is 2.38. The van der Waals surface area contributed by atoms with Crippen LogP contribution < -0.4 is 0 Å². The number of pyridine rings is 1. The topological polar surface area (TPSA) is 70.7 Å². The normalized spacial score (nSPS) is 15.6. The Morgan fingerprint density at radius 2 is 2.32 bits per heavy atom. The Bertz CT molecular complexity index is 674. The van der Waals surface area contributed by atoms with Gasteiger partial charge in [0.25, 0.3) is 0 Å². The molecule has 2 aromatic heterocycles. The Hall–Kier alpha value is -2.37. The fourth-order valence-electron chi connectivity index (χ4n) is 2.38. The predicted molar refractivity (Wildman–Crippen MR) is 69.9 cm³/mol. The van der Waals surface area contributed by atoms with E-state index < -0.39 is 6.09 Å². The summed E-state index contributed by atoms with van der Waals surface area (Å²) >= 11 is 0. The van der Waals surface area contributed by atoms with Crippen molar-refractivity contribution in [3.8, 4) is 0 Å². The van der Waals surface area contributed by atoms with Crippen molar-refractivity contribution in [1.82, 2.24) is 19.5 Å². The van der Waals surface area contributed by atoms with Crippen LogP contribution in [0.1, 0.15) is 17.5 Å². The van der Waals surface area contributed by atoms with Gasteiger partial charge in [-0.15, -0.1) is 0 Å². The van der Waals surface area contributed by atoms with Gasteiger partial charge in [0.05, 0.1) is 0 Å². The number of nitrogens with zero attached hydrogens (tertiary/aromatic N) is 4. The van der Waals surface area contributed by atoms with E-state index in [2.05, 4.69) is 10.1 Å². The second-order valence-electron chi connectivity index (χ2n) is 4.64. The van der Waals surface area contributed by atoms with Crippen LogP contribution in [-0.4, -0.2) is 43.8 Å². The molecule has 0 saturated heterocycles. The summed E-state index contributed by atoms with van der Waals surface area (Å²) in [5.41, 5.74) is 4.25. The van der Waals surface area contributed by atoms with Crippen LogP contribution >= 0.6 is 0 Å². The van der Waals surface area contributed by atoms with E-state index >= 15 is 0 Å². The van der Waals surface area contributed by atoms with Gasteiger partial charge in [-0.05, 0) is 36.1 Å². The number of hydrogen-bond donors (Lipinski definition) is 1. The van der Waals surface area contributed by atoms with Crippen LogP contribution in [0.25, 0.3) is 11.2 Å². The predicted octanol–water partition coefficient (Wildman–Crippen LogP) is 1.80. The van der Waals surface area contributed by atoms with E-state index in [-0.39, 0.29) is 0 Å². The molecule has 98 valence electrons. The first kappa shape index (κ1) is 11.7. The molecule has 0 atom stereocenters. The number of hydrogen-bond acceptors (Lipinski definition) is 3. The van der Waals surface area contributed by atoms with Gasteiger partial charge in [-0.1, -0.05) is 6.08 Å². The Kier molecular flexibility index (Phi) is 2.70. The van der Waals surface area contributed by atoms with Gasteiger partial charge < -0.3 is 10.0 Å². The zero-order valence-electron chi connectivity index (χ0n) is 10.6. The molecule has 0 saturated carbocycles. The Balaban J connectivity index is 1.96. The van der Waals surface area contributed by atoms with Gasteiger partial charge in [0, 0.05) is 19.3 Å². The molecule has 0 radical (unpaired) electrons. The van der Waals surface area contributed by atoms with Crippen LogP contribution in [0.15, 0.2) is 24.7 Å². The number of rotatable bonds is 1. The van der Waals surface area contributed by atoms with Crippen molar-refractivity contribution < 1.29 is 9.90 Å². The molecular formula is C13H14N4O2. The van der Waals surface area contributed by atoms with Gasteiger partial charge in [0.2, 0.25) is 0 Å². The monoisotopic (exact) mass is 258 g/mol. The molecular weight excluding hydrogens is 244 g/mol. The summed E-state index contributed by atoms with van der Waals surface area (Å²) in [4.78, 5) is 16.4. The van der Waals surface area contributed by atoms with Gasteiger partial charge >= 0.3 is 6.09 Å².